The maximum absolute atomic E-state index is 11.5. The van der Waals surface area contributed by atoms with Crippen molar-refractivity contribution in [2.24, 2.45) is 0 Å². The SMILES string of the molecule is CCCCCCCC/C=C/CCCCCCCC(=O)NCC(O)CO. The van der Waals surface area contributed by atoms with Gasteiger partial charge >= 0.3 is 0 Å². The van der Waals surface area contributed by atoms with Crippen molar-refractivity contribution in [3.8, 4) is 0 Å². The third kappa shape index (κ3) is 19.3. The van der Waals surface area contributed by atoms with Gasteiger partial charge in [-0.05, 0) is 32.1 Å². The molecule has 0 aliphatic carbocycles. The van der Waals surface area contributed by atoms with E-state index in [-0.39, 0.29) is 19.1 Å². The lowest BCUT2D eigenvalue weighted by atomic mass is 10.1. The second-order valence-electron chi connectivity index (χ2n) is 6.97. The molecule has 1 atom stereocenters. The van der Waals surface area contributed by atoms with E-state index in [1.807, 2.05) is 0 Å². The van der Waals surface area contributed by atoms with E-state index < -0.39 is 6.10 Å². The van der Waals surface area contributed by atoms with E-state index in [9.17, 15) is 4.79 Å². The minimum absolute atomic E-state index is 0.0369. The van der Waals surface area contributed by atoms with Crippen molar-refractivity contribution in [1.29, 1.82) is 0 Å². The molecular formula is C21H41NO3. The average Bonchev–Trinajstić information content (AvgIpc) is 2.62. The first-order valence-corrected chi connectivity index (χ1v) is 10.4. The number of hydrogen-bond acceptors (Lipinski definition) is 3. The van der Waals surface area contributed by atoms with E-state index in [1.54, 1.807) is 0 Å². The van der Waals surface area contributed by atoms with Crippen LogP contribution in [0.2, 0.25) is 0 Å². The van der Waals surface area contributed by atoms with E-state index in [0.717, 1.165) is 12.8 Å². The van der Waals surface area contributed by atoms with Crippen LogP contribution in [0.5, 0.6) is 0 Å². The fraction of sp³-hybridized carbons (Fsp3) is 0.857. The van der Waals surface area contributed by atoms with Gasteiger partial charge in [-0.15, -0.1) is 0 Å². The Kier molecular flexibility index (Phi) is 18.8. The molecular weight excluding hydrogens is 314 g/mol. The predicted molar refractivity (Wildman–Crippen MR) is 106 cm³/mol. The normalized spacial score (nSPS) is 12.6. The monoisotopic (exact) mass is 355 g/mol. The number of aliphatic hydroxyl groups is 2. The number of unbranched alkanes of at least 4 members (excludes halogenated alkanes) is 11. The molecule has 0 aromatic carbocycles. The van der Waals surface area contributed by atoms with Gasteiger partial charge in [-0.2, -0.15) is 0 Å². The van der Waals surface area contributed by atoms with Crippen LogP contribution in [0.15, 0.2) is 12.2 Å². The summed E-state index contributed by atoms with van der Waals surface area (Å²) in [4.78, 5) is 11.5. The van der Waals surface area contributed by atoms with Gasteiger partial charge in [0, 0.05) is 13.0 Å². The zero-order valence-electron chi connectivity index (χ0n) is 16.3. The molecule has 0 aromatic rings. The van der Waals surface area contributed by atoms with Gasteiger partial charge in [0.25, 0.3) is 0 Å². The van der Waals surface area contributed by atoms with Crippen LogP contribution < -0.4 is 5.32 Å². The largest absolute Gasteiger partial charge is 0.394 e. The number of amides is 1. The van der Waals surface area contributed by atoms with Crippen molar-refractivity contribution in [3.63, 3.8) is 0 Å². The lowest BCUT2D eigenvalue weighted by Crippen LogP contribution is -2.33. The number of aliphatic hydroxyl groups excluding tert-OH is 2. The molecule has 0 aliphatic heterocycles. The first-order valence-electron chi connectivity index (χ1n) is 10.4. The highest BCUT2D eigenvalue weighted by Crippen LogP contribution is 2.09. The summed E-state index contributed by atoms with van der Waals surface area (Å²) in [5, 5.41) is 20.4. The molecule has 0 radical (unpaired) electrons. The van der Waals surface area contributed by atoms with Crippen LogP contribution in [-0.2, 0) is 4.79 Å². The lowest BCUT2D eigenvalue weighted by Gasteiger charge is -2.08. The molecule has 4 heteroatoms. The van der Waals surface area contributed by atoms with Gasteiger partial charge in [0.15, 0.2) is 0 Å². The molecule has 0 saturated carbocycles. The summed E-state index contributed by atoms with van der Waals surface area (Å²) in [5.74, 6) is -0.0369. The fourth-order valence-corrected chi connectivity index (χ4v) is 2.74. The maximum atomic E-state index is 11.5. The zero-order chi connectivity index (χ0) is 18.6. The Labute approximate surface area is 155 Å². The van der Waals surface area contributed by atoms with Crippen LogP contribution in [-0.4, -0.2) is 35.4 Å². The van der Waals surface area contributed by atoms with Crippen LogP contribution in [0.3, 0.4) is 0 Å². The molecule has 4 nitrogen and oxygen atoms in total. The van der Waals surface area contributed by atoms with Gasteiger partial charge in [0.05, 0.1) is 12.7 Å². The Balaban J connectivity index is 3.22. The third-order valence-corrected chi connectivity index (χ3v) is 4.41. The van der Waals surface area contributed by atoms with Gasteiger partial charge in [0.1, 0.15) is 0 Å². The van der Waals surface area contributed by atoms with Crippen LogP contribution in [0, 0.1) is 0 Å². The number of rotatable bonds is 18. The Hall–Kier alpha value is -0.870. The van der Waals surface area contributed by atoms with Crippen molar-refractivity contribution in [3.05, 3.63) is 12.2 Å². The van der Waals surface area contributed by atoms with Gasteiger partial charge in [-0.3, -0.25) is 4.79 Å². The molecule has 0 spiro atoms. The molecule has 25 heavy (non-hydrogen) atoms. The van der Waals surface area contributed by atoms with Crippen molar-refractivity contribution >= 4 is 5.91 Å². The standard InChI is InChI=1S/C21H41NO3/c1-2-3-4-5-6-7-8-9-10-11-12-13-14-15-16-17-21(25)22-18-20(24)19-23/h9-10,20,23-24H,2-8,11-19H2,1H3,(H,22,25)/b10-9+. The molecule has 0 aromatic heterocycles. The highest BCUT2D eigenvalue weighted by atomic mass is 16.3. The summed E-state index contributed by atoms with van der Waals surface area (Å²) >= 11 is 0. The van der Waals surface area contributed by atoms with Crippen LogP contribution >= 0.6 is 0 Å². The predicted octanol–water partition coefficient (Wildman–Crippen LogP) is 4.49. The summed E-state index contributed by atoms with van der Waals surface area (Å²) in [6.45, 7) is 2.08. The topological polar surface area (TPSA) is 69.6 Å². The van der Waals surface area contributed by atoms with E-state index in [4.69, 9.17) is 10.2 Å². The summed E-state index contributed by atoms with van der Waals surface area (Å²) in [5.41, 5.74) is 0. The smallest absolute Gasteiger partial charge is 0.220 e. The van der Waals surface area contributed by atoms with Crippen LogP contribution in [0.4, 0.5) is 0 Å². The number of hydrogen-bond donors (Lipinski definition) is 3. The number of nitrogens with one attached hydrogen (secondary N) is 1. The molecule has 3 N–H and O–H groups in total. The number of carbonyl (C=O) groups excluding carboxylic acids is 1. The van der Waals surface area contributed by atoms with Gasteiger partial charge < -0.3 is 15.5 Å². The highest BCUT2D eigenvalue weighted by molar-refractivity contribution is 5.75. The molecule has 1 unspecified atom stereocenters. The average molecular weight is 356 g/mol. The van der Waals surface area contributed by atoms with Gasteiger partial charge in [0.2, 0.25) is 5.91 Å². The summed E-state index contributed by atoms with van der Waals surface area (Å²) in [6.07, 6.45) is 20.5. The van der Waals surface area contributed by atoms with Gasteiger partial charge in [-0.25, -0.2) is 0 Å². The second kappa shape index (κ2) is 19.5. The molecule has 0 rings (SSSR count). The molecule has 0 saturated heterocycles. The lowest BCUT2D eigenvalue weighted by molar-refractivity contribution is -0.121. The molecule has 0 bridgehead atoms. The quantitative estimate of drug-likeness (QED) is 0.250. The minimum atomic E-state index is -0.849. The molecule has 0 fully saturated rings. The summed E-state index contributed by atoms with van der Waals surface area (Å²) in [7, 11) is 0. The first kappa shape index (κ1) is 24.1. The van der Waals surface area contributed by atoms with E-state index >= 15 is 0 Å². The van der Waals surface area contributed by atoms with Crippen molar-refractivity contribution in [1.82, 2.24) is 5.32 Å². The Morgan fingerprint density at radius 2 is 1.40 bits per heavy atom. The zero-order valence-corrected chi connectivity index (χ0v) is 16.3. The Morgan fingerprint density at radius 1 is 0.880 bits per heavy atom. The third-order valence-electron chi connectivity index (χ3n) is 4.41. The fourth-order valence-electron chi connectivity index (χ4n) is 2.74. The molecule has 0 aliphatic rings. The molecule has 148 valence electrons. The Morgan fingerprint density at radius 3 is 1.96 bits per heavy atom. The van der Waals surface area contributed by atoms with Crippen LogP contribution in [0.25, 0.3) is 0 Å². The number of allylic oxidation sites excluding steroid dienone is 2. The molecule has 1 amide bonds. The molecule has 0 heterocycles. The van der Waals surface area contributed by atoms with Crippen molar-refractivity contribution < 1.29 is 15.0 Å². The maximum Gasteiger partial charge on any atom is 0.220 e. The summed E-state index contributed by atoms with van der Waals surface area (Å²) < 4.78 is 0. The van der Waals surface area contributed by atoms with Crippen molar-refractivity contribution in [2.75, 3.05) is 13.2 Å². The number of carbonyl (C=O) groups is 1. The highest BCUT2D eigenvalue weighted by Gasteiger charge is 2.05. The van der Waals surface area contributed by atoms with Crippen molar-refractivity contribution in [2.45, 2.75) is 103 Å². The van der Waals surface area contributed by atoms with Gasteiger partial charge in [-0.1, -0.05) is 70.4 Å². The Bertz CT molecular complexity index is 318. The second-order valence-corrected chi connectivity index (χ2v) is 6.97. The van der Waals surface area contributed by atoms with E-state index in [1.165, 1.54) is 70.6 Å². The minimum Gasteiger partial charge on any atom is -0.394 e. The summed E-state index contributed by atoms with van der Waals surface area (Å²) in [6, 6.07) is 0. The van der Waals surface area contributed by atoms with E-state index in [0.29, 0.717) is 6.42 Å². The first-order chi connectivity index (χ1) is 12.2. The van der Waals surface area contributed by atoms with Crippen LogP contribution in [0.1, 0.15) is 96.8 Å². The van der Waals surface area contributed by atoms with E-state index in [2.05, 4.69) is 24.4 Å².